The van der Waals surface area contributed by atoms with Crippen molar-refractivity contribution >= 4 is 6.08 Å². The van der Waals surface area contributed by atoms with Gasteiger partial charge in [0, 0.05) is 13.0 Å². The Bertz CT molecular complexity index is 723. The second-order valence-electron chi connectivity index (χ2n) is 6.38. The fourth-order valence-electron chi connectivity index (χ4n) is 2.90. The van der Waals surface area contributed by atoms with Crippen LogP contribution in [0.15, 0.2) is 42.5 Å². The number of aliphatic hydroxyl groups is 3. The molecule has 0 spiro atoms. The van der Waals surface area contributed by atoms with Crippen molar-refractivity contribution in [2.45, 2.75) is 38.9 Å². The Labute approximate surface area is 148 Å². The van der Waals surface area contributed by atoms with Crippen molar-refractivity contribution in [1.82, 2.24) is 0 Å². The molecule has 0 heterocycles. The summed E-state index contributed by atoms with van der Waals surface area (Å²) in [5.74, 6) is -0.279. The molecule has 0 aliphatic carbocycles. The van der Waals surface area contributed by atoms with Gasteiger partial charge in [0.1, 0.15) is 5.82 Å². The third kappa shape index (κ3) is 5.49. The first kappa shape index (κ1) is 19.3. The van der Waals surface area contributed by atoms with Gasteiger partial charge in [0.05, 0.1) is 12.2 Å². The molecule has 2 aromatic rings. The molecule has 0 aliphatic heterocycles. The summed E-state index contributed by atoms with van der Waals surface area (Å²) in [6, 6.07) is 10.4. The van der Waals surface area contributed by atoms with Crippen LogP contribution in [0.4, 0.5) is 4.39 Å². The van der Waals surface area contributed by atoms with Gasteiger partial charge in [-0.15, -0.1) is 0 Å². The van der Waals surface area contributed by atoms with Crippen LogP contribution >= 0.6 is 0 Å². The SMILES string of the molecule is Cc1cc(C)c(/C=C/[C@@H](O)C[C@@H](O)CCO)c(-c2ccc(F)cc2)c1. The molecular formula is C21H25FO3. The van der Waals surface area contributed by atoms with Gasteiger partial charge >= 0.3 is 0 Å². The largest absolute Gasteiger partial charge is 0.396 e. The molecule has 2 aromatic carbocycles. The summed E-state index contributed by atoms with van der Waals surface area (Å²) in [6.07, 6.45) is 2.36. The monoisotopic (exact) mass is 344 g/mol. The molecule has 25 heavy (non-hydrogen) atoms. The Kier molecular flexibility index (Phi) is 6.88. The van der Waals surface area contributed by atoms with Gasteiger partial charge in [-0.3, -0.25) is 0 Å². The summed E-state index contributed by atoms with van der Waals surface area (Å²) in [7, 11) is 0. The quantitative estimate of drug-likeness (QED) is 0.719. The lowest BCUT2D eigenvalue weighted by molar-refractivity contribution is 0.0827. The zero-order valence-electron chi connectivity index (χ0n) is 14.6. The minimum atomic E-state index is -0.802. The minimum Gasteiger partial charge on any atom is -0.396 e. The molecular weight excluding hydrogens is 319 g/mol. The van der Waals surface area contributed by atoms with E-state index in [4.69, 9.17) is 5.11 Å². The predicted molar refractivity (Wildman–Crippen MR) is 98.7 cm³/mol. The fraction of sp³-hybridized carbons (Fsp3) is 0.333. The smallest absolute Gasteiger partial charge is 0.123 e. The number of aliphatic hydroxyl groups excluding tert-OH is 3. The Morgan fingerprint density at radius 1 is 1.08 bits per heavy atom. The Balaban J connectivity index is 2.30. The Morgan fingerprint density at radius 3 is 2.40 bits per heavy atom. The summed E-state index contributed by atoms with van der Waals surface area (Å²) in [4.78, 5) is 0. The lowest BCUT2D eigenvalue weighted by atomic mass is 9.93. The molecule has 0 fully saturated rings. The van der Waals surface area contributed by atoms with Crippen LogP contribution < -0.4 is 0 Å². The molecule has 2 rings (SSSR count). The number of hydrogen-bond acceptors (Lipinski definition) is 3. The van der Waals surface area contributed by atoms with Crippen molar-refractivity contribution in [2.24, 2.45) is 0 Å². The average Bonchev–Trinajstić information content (AvgIpc) is 2.54. The normalized spacial score (nSPS) is 14.0. The summed E-state index contributed by atoms with van der Waals surface area (Å²) in [6.45, 7) is 3.89. The first-order valence-electron chi connectivity index (χ1n) is 8.43. The molecule has 3 N–H and O–H groups in total. The van der Waals surface area contributed by atoms with E-state index in [1.807, 2.05) is 26.0 Å². The average molecular weight is 344 g/mol. The maximum Gasteiger partial charge on any atom is 0.123 e. The van der Waals surface area contributed by atoms with E-state index >= 15 is 0 Å². The second-order valence-corrected chi connectivity index (χ2v) is 6.38. The second kappa shape index (κ2) is 8.90. The van der Waals surface area contributed by atoms with E-state index in [1.54, 1.807) is 18.2 Å². The van der Waals surface area contributed by atoms with Crippen LogP contribution in [0.1, 0.15) is 29.5 Å². The van der Waals surface area contributed by atoms with E-state index in [1.165, 1.54) is 12.1 Å². The highest BCUT2D eigenvalue weighted by molar-refractivity contribution is 5.77. The molecule has 0 unspecified atom stereocenters. The summed E-state index contributed by atoms with van der Waals surface area (Å²) >= 11 is 0. The van der Waals surface area contributed by atoms with Crippen molar-refractivity contribution in [3.05, 3.63) is 65.0 Å². The van der Waals surface area contributed by atoms with Gasteiger partial charge in [-0.05, 0) is 54.7 Å². The minimum absolute atomic E-state index is 0.108. The third-order valence-electron chi connectivity index (χ3n) is 4.15. The first-order valence-corrected chi connectivity index (χ1v) is 8.43. The molecule has 134 valence electrons. The molecule has 0 aromatic heterocycles. The van der Waals surface area contributed by atoms with Crippen LogP contribution in [0.5, 0.6) is 0 Å². The fourth-order valence-corrected chi connectivity index (χ4v) is 2.90. The maximum atomic E-state index is 13.2. The van der Waals surface area contributed by atoms with E-state index in [2.05, 4.69) is 6.07 Å². The molecule has 0 aliphatic rings. The Hall–Kier alpha value is -2.01. The lowest BCUT2D eigenvalue weighted by Crippen LogP contribution is -2.16. The van der Waals surface area contributed by atoms with Crippen LogP contribution in [0.25, 0.3) is 17.2 Å². The van der Waals surface area contributed by atoms with Crippen molar-refractivity contribution in [3.63, 3.8) is 0 Å². The summed E-state index contributed by atoms with van der Waals surface area (Å²) < 4.78 is 13.2. The van der Waals surface area contributed by atoms with Crippen LogP contribution in [0, 0.1) is 19.7 Å². The van der Waals surface area contributed by atoms with Gasteiger partial charge in [0.25, 0.3) is 0 Å². The number of halogens is 1. The molecule has 2 atom stereocenters. The van der Waals surface area contributed by atoms with Crippen molar-refractivity contribution in [3.8, 4) is 11.1 Å². The van der Waals surface area contributed by atoms with Crippen molar-refractivity contribution in [2.75, 3.05) is 6.61 Å². The summed E-state index contributed by atoms with van der Waals surface area (Å²) in [5, 5.41) is 28.6. The molecule has 0 amide bonds. The molecule has 0 saturated carbocycles. The van der Waals surface area contributed by atoms with Crippen molar-refractivity contribution < 1.29 is 19.7 Å². The highest BCUT2D eigenvalue weighted by Crippen LogP contribution is 2.29. The highest BCUT2D eigenvalue weighted by atomic mass is 19.1. The number of aryl methyl sites for hydroxylation is 2. The third-order valence-corrected chi connectivity index (χ3v) is 4.15. The van der Waals surface area contributed by atoms with Gasteiger partial charge in [-0.1, -0.05) is 42.0 Å². The van der Waals surface area contributed by atoms with E-state index in [9.17, 15) is 14.6 Å². The van der Waals surface area contributed by atoms with Gasteiger partial charge < -0.3 is 15.3 Å². The number of benzene rings is 2. The number of hydrogen-bond donors (Lipinski definition) is 3. The molecule has 0 radical (unpaired) electrons. The van der Waals surface area contributed by atoms with E-state index in [-0.39, 0.29) is 25.3 Å². The van der Waals surface area contributed by atoms with Gasteiger partial charge in [-0.2, -0.15) is 0 Å². The van der Waals surface area contributed by atoms with Gasteiger partial charge in [0.2, 0.25) is 0 Å². The Morgan fingerprint density at radius 2 is 1.76 bits per heavy atom. The van der Waals surface area contributed by atoms with Gasteiger partial charge in [-0.25, -0.2) is 4.39 Å². The summed E-state index contributed by atoms with van der Waals surface area (Å²) in [5.41, 5.74) is 4.99. The maximum absolute atomic E-state index is 13.2. The molecule has 4 heteroatoms. The molecule has 0 saturated heterocycles. The first-order chi connectivity index (χ1) is 11.9. The zero-order valence-corrected chi connectivity index (χ0v) is 14.6. The lowest BCUT2D eigenvalue weighted by Gasteiger charge is -2.14. The molecule has 3 nitrogen and oxygen atoms in total. The van der Waals surface area contributed by atoms with Crippen LogP contribution in [-0.4, -0.2) is 34.1 Å². The predicted octanol–water partition coefficient (Wildman–Crippen LogP) is 3.62. The van der Waals surface area contributed by atoms with E-state index < -0.39 is 12.2 Å². The zero-order chi connectivity index (χ0) is 18.4. The van der Waals surface area contributed by atoms with Crippen molar-refractivity contribution in [1.29, 1.82) is 0 Å². The van der Waals surface area contributed by atoms with Gasteiger partial charge in [0.15, 0.2) is 0 Å². The van der Waals surface area contributed by atoms with Crippen LogP contribution in [0.2, 0.25) is 0 Å². The molecule has 0 bridgehead atoms. The van der Waals surface area contributed by atoms with Crippen LogP contribution in [-0.2, 0) is 0 Å². The number of rotatable bonds is 7. The highest BCUT2D eigenvalue weighted by Gasteiger charge is 2.11. The topological polar surface area (TPSA) is 60.7 Å². The van der Waals surface area contributed by atoms with Crippen LogP contribution in [0.3, 0.4) is 0 Å². The van der Waals surface area contributed by atoms with E-state index in [0.717, 1.165) is 27.8 Å². The van der Waals surface area contributed by atoms with E-state index in [0.29, 0.717) is 0 Å². The standard InChI is InChI=1S/C21H25FO3/c1-14-11-15(2)20(8-7-18(24)13-19(25)9-10-23)21(12-14)16-3-5-17(22)6-4-16/h3-8,11-12,18-19,23-25H,9-10,13H2,1-2H3/b8-7+/t18-,19+/m1/s1.